The van der Waals surface area contributed by atoms with Crippen LogP contribution in [-0.2, 0) is 4.74 Å². The van der Waals surface area contributed by atoms with Crippen LogP contribution in [0, 0.1) is 11.8 Å². The molecule has 1 N–H and O–H groups in total. The summed E-state index contributed by atoms with van der Waals surface area (Å²) < 4.78 is 5.56. The topological polar surface area (TPSA) is 21.3 Å². The second-order valence-corrected chi connectivity index (χ2v) is 5.60. The van der Waals surface area contributed by atoms with Crippen LogP contribution in [0.1, 0.15) is 46.0 Å². The molecule has 0 spiro atoms. The summed E-state index contributed by atoms with van der Waals surface area (Å²) in [7, 11) is 0. The van der Waals surface area contributed by atoms with Gasteiger partial charge in [0.15, 0.2) is 0 Å². The van der Waals surface area contributed by atoms with E-state index in [1.807, 2.05) is 0 Å². The highest BCUT2D eigenvalue weighted by atomic mass is 16.5. The summed E-state index contributed by atoms with van der Waals surface area (Å²) in [6.07, 6.45) is 7.17. The first-order chi connectivity index (χ1) is 7.24. The smallest absolute Gasteiger partial charge is 0.0561 e. The number of rotatable bonds is 3. The number of hydrogen-bond donors (Lipinski definition) is 1. The van der Waals surface area contributed by atoms with Gasteiger partial charge >= 0.3 is 0 Å². The van der Waals surface area contributed by atoms with Crippen molar-refractivity contribution in [3.63, 3.8) is 0 Å². The summed E-state index contributed by atoms with van der Waals surface area (Å²) >= 11 is 0. The van der Waals surface area contributed by atoms with Gasteiger partial charge in [-0.2, -0.15) is 0 Å². The van der Waals surface area contributed by atoms with Crippen LogP contribution >= 0.6 is 0 Å². The lowest BCUT2D eigenvalue weighted by atomic mass is 10.0. The average molecular weight is 211 g/mol. The van der Waals surface area contributed by atoms with E-state index in [2.05, 4.69) is 19.2 Å². The molecule has 15 heavy (non-hydrogen) atoms. The van der Waals surface area contributed by atoms with E-state index in [-0.39, 0.29) is 0 Å². The molecule has 1 saturated heterocycles. The predicted octanol–water partition coefficient (Wildman–Crippen LogP) is 2.58. The molecule has 2 aliphatic rings. The van der Waals surface area contributed by atoms with Crippen LogP contribution < -0.4 is 5.32 Å². The predicted molar refractivity (Wildman–Crippen MR) is 62.9 cm³/mol. The molecule has 0 aromatic heterocycles. The van der Waals surface area contributed by atoms with Crippen LogP contribution in [0.15, 0.2) is 0 Å². The van der Waals surface area contributed by atoms with Crippen molar-refractivity contribution in [2.75, 3.05) is 13.2 Å². The molecule has 0 aromatic carbocycles. The zero-order chi connectivity index (χ0) is 10.7. The summed E-state index contributed by atoms with van der Waals surface area (Å²) in [6.45, 7) is 6.75. The fourth-order valence-corrected chi connectivity index (χ4v) is 3.03. The molecule has 2 heteroatoms. The lowest BCUT2D eigenvalue weighted by molar-refractivity contribution is 0.0127. The molecular formula is C13H25NO. The Labute approximate surface area is 93.8 Å². The first kappa shape index (κ1) is 11.4. The van der Waals surface area contributed by atoms with Crippen LogP contribution in [0.5, 0.6) is 0 Å². The van der Waals surface area contributed by atoms with Gasteiger partial charge in [-0.15, -0.1) is 0 Å². The molecule has 88 valence electrons. The minimum absolute atomic E-state index is 0.457. The quantitative estimate of drug-likeness (QED) is 0.774. The maximum Gasteiger partial charge on any atom is 0.0561 e. The summed E-state index contributed by atoms with van der Waals surface area (Å²) in [5.74, 6) is 1.91. The summed E-state index contributed by atoms with van der Waals surface area (Å²) in [5.41, 5.74) is 0. The first-order valence-electron chi connectivity index (χ1n) is 6.59. The molecule has 2 nitrogen and oxygen atoms in total. The minimum atomic E-state index is 0.457. The minimum Gasteiger partial charge on any atom is -0.378 e. The zero-order valence-corrected chi connectivity index (χ0v) is 10.2. The zero-order valence-electron chi connectivity index (χ0n) is 10.2. The molecule has 0 amide bonds. The summed E-state index contributed by atoms with van der Waals surface area (Å²) in [4.78, 5) is 0. The fraction of sp³-hybridized carbons (Fsp3) is 1.00. The Morgan fingerprint density at radius 2 is 2.00 bits per heavy atom. The van der Waals surface area contributed by atoms with Crippen molar-refractivity contribution in [3.8, 4) is 0 Å². The summed E-state index contributed by atoms with van der Waals surface area (Å²) in [6, 6.07) is 0.713. The van der Waals surface area contributed by atoms with Crippen molar-refractivity contribution in [1.29, 1.82) is 0 Å². The highest BCUT2D eigenvalue weighted by molar-refractivity contribution is 4.79. The van der Waals surface area contributed by atoms with Crippen molar-refractivity contribution in [2.45, 2.75) is 58.1 Å². The van der Waals surface area contributed by atoms with E-state index < -0.39 is 0 Å². The second kappa shape index (κ2) is 5.31. The standard InChI is InChI=1S/C13H25NO/c1-10-3-4-12(7-10)9-14-13-5-6-15-11(2)8-13/h10-14H,3-9H2,1-2H3. The van der Waals surface area contributed by atoms with Gasteiger partial charge in [-0.1, -0.05) is 13.3 Å². The molecule has 0 radical (unpaired) electrons. The summed E-state index contributed by atoms with van der Waals surface area (Å²) in [5, 5.41) is 3.73. The van der Waals surface area contributed by atoms with Crippen LogP contribution in [0.3, 0.4) is 0 Å². The molecule has 1 aliphatic carbocycles. The van der Waals surface area contributed by atoms with Gasteiger partial charge in [-0.25, -0.2) is 0 Å². The lowest BCUT2D eigenvalue weighted by Gasteiger charge is -2.29. The van der Waals surface area contributed by atoms with Crippen molar-refractivity contribution < 1.29 is 4.74 Å². The van der Waals surface area contributed by atoms with Crippen molar-refractivity contribution in [2.24, 2.45) is 11.8 Å². The second-order valence-electron chi connectivity index (χ2n) is 5.60. The molecule has 0 bridgehead atoms. The molecule has 4 atom stereocenters. The van der Waals surface area contributed by atoms with E-state index in [0.717, 1.165) is 18.4 Å². The number of ether oxygens (including phenoxy) is 1. The largest absolute Gasteiger partial charge is 0.378 e. The van der Waals surface area contributed by atoms with Gasteiger partial charge in [0.1, 0.15) is 0 Å². The first-order valence-corrected chi connectivity index (χ1v) is 6.59. The third kappa shape index (κ3) is 3.46. The number of nitrogens with one attached hydrogen (secondary N) is 1. The van der Waals surface area contributed by atoms with E-state index in [4.69, 9.17) is 4.74 Å². The third-order valence-electron chi connectivity index (χ3n) is 3.98. The lowest BCUT2D eigenvalue weighted by Crippen LogP contribution is -2.39. The Balaban J connectivity index is 1.64. The fourth-order valence-electron chi connectivity index (χ4n) is 3.03. The van der Waals surface area contributed by atoms with Gasteiger partial charge in [-0.05, 0) is 51.0 Å². The normalized spacial score (nSPS) is 42.0. The SMILES string of the molecule is CC1CCC(CNC2CCOC(C)C2)C1. The van der Waals surface area contributed by atoms with Crippen molar-refractivity contribution in [3.05, 3.63) is 0 Å². The van der Waals surface area contributed by atoms with Gasteiger partial charge in [0.25, 0.3) is 0 Å². The molecule has 1 aliphatic heterocycles. The third-order valence-corrected chi connectivity index (χ3v) is 3.98. The molecular weight excluding hydrogens is 186 g/mol. The molecule has 0 aromatic rings. The molecule has 2 fully saturated rings. The Bertz CT molecular complexity index is 195. The van der Waals surface area contributed by atoms with Crippen LogP contribution in [-0.4, -0.2) is 25.3 Å². The van der Waals surface area contributed by atoms with E-state index in [1.54, 1.807) is 0 Å². The Kier molecular flexibility index (Phi) is 4.04. The van der Waals surface area contributed by atoms with E-state index in [0.29, 0.717) is 12.1 Å². The molecule has 1 saturated carbocycles. The Hall–Kier alpha value is -0.0800. The molecule has 1 heterocycles. The molecule has 4 unspecified atom stereocenters. The molecule has 2 rings (SSSR count). The Morgan fingerprint density at radius 3 is 2.67 bits per heavy atom. The van der Waals surface area contributed by atoms with Gasteiger partial charge < -0.3 is 10.1 Å². The van der Waals surface area contributed by atoms with Gasteiger partial charge in [0, 0.05) is 12.6 Å². The van der Waals surface area contributed by atoms with Crippen molar-refractivity contribution >= 4 is 0 Å². The van der Waals surface area contributed by atoms with Crippen molar-refractivity contribution in [1.82, 2.24) is 5.32 Å². The number of hydrogen-bond acceptors (Lipinski definition) is 2. The van der Waals surface area contributed by atoms with Gasteiger partial charge in [0.2, 0.25) is 0 Å². The highest BCUT2D eigenvalue weighted by Gasteiger charge is 2.23. The maximum absolute atomic E-state index is 5.56. The van der Waals surface area contributed by atoms with E-state index in [9.17, 15) is 0 Å². The monoisotopic (exact) mass is 211 g/mol. The average Bonchev–Trinajstić information content (AvgIpc) is 2.62. The van der Waals surface area contributed by atoms with Gasteiger partial charge in [0.05, 0.1) is 6.10 Å². The van der Waals surface area contributed by atoms with Crippen LogP contribution in [0.4, 0.5) is 0 Å². The Morgan fingerprint density at radius 1 is 1.13 bits per heavy atom. The van der Waals surface area contributed by atoms with E-state index >= 15 is 0 Å². The van der Waals surface area contributed by atoms with Gasteiger partial charge in [-0.3, -0.25) is 0 Å². The van der Waals surface area contributed by atoms with E-state index in [1.165, 1.54) is 38.6 Å². The van der Waals surface area contributed by atoms with Crippen LogP contribution in [0.25, 0.3) is 0 Å². The highest BCUT2D eigenvalue weighted by Crippen LogP contribution is 2.29. The van der Waals surface area contributed by atoms with Crippen LogP contribution in [0.2, 0.25) is 0 Å². The maximum atomic E-state index is 5.56.